The van der Waals surface area contributed by atoms with Gasteiger partial charge in [-0.1, -0.05) is 31.5 Å². The van der Waals surface area contributed by atoms with Gasteiger partial charge in [0.25, 0.3) is 0 Å². The number of thiazole rings is 1. The predicted octanol–water partition coefficient (Wildman–Crippen LogP) is 4.46. The fourth-order valence-electron chi connectivity index (χ4n) is 1.77. The van der Waals surface area contributed by atoms with Gasteiger partial charge in [-0.3, -0.25) is 0 Å². The zero-order valence-electron chi connectivity index (χ0n) is 11.4. The normalized spacial score (nSPS) is 10.9. The Kier molecular flexibility index (Phi) is 4.02. The first kappa shape index (κ1) is 13.1. The van der Waals surface area contributed by atoms with Gasteiger partial charge < -0.3 is 4.74 Å². The molecule has 1 heterocycles. The summed E-state index contributed by atoms with van der Waals surface area (Å²) in [5, 5.41) is 3.26. The molecule has 1 aromatic heterocycles. The molecule has 0 amide bonds. The lowest BCUT2D eigenvalue weighted by Crippen LogP contribution is -1.98. The van der Waals surface area contributed by atoms with Crippen molar-refractivity contribution in [3.63, 3.8) is 0 Å². The van der Waals surface area contributed by atoms with Gasteiger partial charge in [-0.2, -0.15) is 0 Å². The average molecular weight is 261 g/mol. The number of ether oxygens (including phenoxy) is 1. The third kappa shape index (κ3) is 3.10. The second kappa shape index (κ2) is 5.53. The van der Waals surface area contributed by atoms with Gasteiger partial charge in [0.15, 0.2) is 0 Å². The Morgan fingerprint density at radius 1 is 1.28 bits per heavy atom. The first-order valence-corrected chi connectivity index (χ1v) is 7.08. The molecule has 0 aliphatic rings. The van der Waals surface area contributed by atoms with Crippen molar-refractivity contribution in [2.24, 2.45) is 0 Å². The van der Waals surface area contributed by atoms with E-state index in [2.05, 4.69) is 50.2 Å². The number of aromatic nitrogens is 1. The lowest BCUT2D eigenvalue weighted by molar-refractivity contribution is 0.299. The first-order chi connectivity index (χ1) is 8.56. The number of hydrogen-bond acceptors (Lipinski definition) is 3. The van der Waals surface area contributed by atoms with Crippen LogP contribution < -0.4 is 4.74 Å². The highest BCUT2D eigenvalue weighted by Crippen LogP contribution is 2.22. The van der Waals surface area contributed by atoms with Crippen LogP contribution in [0.25, 0.3) is 0 Å². The summed E-state index contributed by atoms with van der Waals surface area (Å²) in [5.41, 5.74) is 3.45. The van der Waals surface area contributed by atoms with E-state index in [9.17, 15) is 0 Å². The highest BCUT2D eigenvalue weighted by Gasteiger charge is 2.07. The summed E-state index contributed by atoms with van der Waals surface area (Å²) in [4.78, 5) is 4.57. The van der Waals surface area contributed by atoms with Gasteiger partial charge in [0.2, 0.25) is 0 Å². The summed E-state index contributed by atoms with van der Waals surface area (Å²) in [6.07, 6.45) is 0. The zero-order valence-corrected chi connectivity index (χ0v) is 12.2. The Bertz CT molecular complexity index is 531. The number of nitrogens with zero attached hydrogens (tertiary/aromatic N) is 1. The molecule has 3 heteroatoms. The van der Waals surface area contributed by atoms with E-state index < -0.39 is 0 Å². The van der Waals surface area contributed by atoms with Gasteiger partial charge in [-0.05, 0) is 25.5 Å². The van der Waals surface area contributed by atoms with Gasteiger partial charge in [0.1, 0.15) is 12.4 Å². The van der Waals surface area contributed by atoms with Crippen LogP contribution in [0.4, 0.5) is 0 Å². The van der Waals surface area contributed by atoms with Gasteiger partial charge in [0, 0.05) is 11.3 Å². The highest BCUT2D eigenvalue weighted by atomic mass is 32.1. The molecule has 0 saturated heterocycles. The van der Waals surface area contributed by atoms with Crippen molar-refractivity contribution in [3.05, 3.63) is 45.4 Å². The molecule has 0 fully saturated rings. The van der Waals surface area contributed by atoms with E-state index in [1.807, 2.05) is 6.07 Å². The minimum absolute atomic E-state index is 0.491. The van der Waals surface area contributed by atoms with Crippen LogP contribution >= 0.6 is 11.3 Å². The fraction of sp³-hybridized carbons (Fsp3) is 0.400. The lowest BCUT2D eigenvalue weighted by atomic mass is 10.1. The molecule has 0 N–H and O–H groups in total. The topological polar surface area (TPSA) is 22.1 Å². The van der Waals surface area contributed by atoms with E-state index in [1.54, 1.807) is 11.3 Å². The summed E-state index contributed by atoms with van der Waals surface area (Å²) in [7, 11) is 0. The molecule has 96 valence electrons. The van der Waals surface area contributed by atoms with Crippen LogP contribution in [0.3, 0.4) is 0 Å². The van der Waals surface area contributed by atoms with E-state index >= 15 is 0 Å². The van der Waals surface area contributed by atoms with E-state index in [1.165, 1.54) is 16.1 Å². The Morgan fingerprint density at radius 2 is 2.06 bits per heavy atom. The van der Waals surface area contributed by atoms with E-state index in [0.29, 0.717) is 12.5 Å². The van der Waals surface area contributed by atoms with Crippen molar-refractivity contribution in [2.75, 3.05) is 0 Å². The van der Waals surface area contributed by atoms with Crippen molar-refractivity contribution >= 4 is 11.3 Å². The number of benzene rings is 1. The maximum atomic E-state index is 5.82. The molecular weight excluding hydrogens is 242 g/mol. The van der Waals surface area contributed by atoms with E-state index in [-0.39, 0.29) is 0 Å². The van der Waals surface area contributed by atoms with Crippen LogP contribution in [-0.2, 0) is 6.61 Å². The van der Waals surface area contributed by atoms with Crippen LogP contribution in [-0.4, -0.2) is 4.98 Å². The Morgan fingerprint density at radius 3 is 2.67 bits per heavy atom. The number of rotatable bonds is 4. The SMILES string of the molecule is Cc1ccc(OCc2csc(C(C)C)n2)c(C)c1. The Labute approximate surface area is 113 Å². The van der Waals surface area contributed by atoms with Crippen LogP contribution in [0, 0.1) is 13.8 Å². The van der Waals surface area contributed by atoms with Gasteiger partial charge in [0.05, 0.1) is 10.7 Å². The summed E-state index contributed by atoms with van der Waals surface area (Å²) in [6.45, 7) is 9.03. The molecule has 0 radical (unpaired) electrons. The third-order valence-corrected chi connectivity index (χ3v) is 3.96. The number of hydrogen-bond donors (Lipinski definition) is 0. The summed E-state index contributed by atoms with van der Waals surface area (Å²) in [5.74, 6) is 1.43. The molecule has 0 aliphatic heterocycles. The van der Waals surface area contributed by atoms with Crippen molar-refractivity contribution in [1.29, 1.82) is 0 Å². The number of aryl methyl sites for hydroxylation is 2. The van der Waals surface area contributed by atoms with Gasteiger partial charge in [-0.15, -0.1) is 11.3 Å². The standard InChI is InChI=1S/C15H19NOS/c1-10(2)15-16-13(9-18-15)8-17-14-6-5-11(3)7-12(14)4/h5-7,9-10H,8H2,1-4H3. The fourth-order valence-corrected chi connectivity index (χ4v) is 2.59. The summed E-state index contributed by atoms with van der Waals surface area (Å²) >= 11 is 1.71. The Hall–Kier alpha value is -1.35. The van der Waals surface area contributed by atoms with Crippen molar-refractivity contribution in [3.8, 4) is 5.75 Å². The molecule has 2 rings (SSSR count). The molecule has 0 spiro atoms. The quantitative estimate of drug-likeness (QED) is 0.810. The molecule has 2 nitrogen and oxygen atoms in total. The molecular formula is C15H19NOS. The zero-order chi connectivity index (χ0) is 13.1. The second-order valence-electron chi connectivity index (χ2n) is 4.89. The molecule has 0 unspecified atom stereocenters. The molecule has 1 aromatic carbocycles. The van der Waals surface area contributed by atoms with Crippen LogP contribution in [0.1, 0.15) is 41.6 Å². The highest BCUT2D eigenvalue weighted by molar-refractivity contribution is 7.09. The summed E-state index contributed by atoms with van der Waals surface area (Å²) in [6, 6.07) is 6.24. The molecule has 0 saturated carbocycles. The largest absolute Gasteiger partial charge is 0.487 e. The van der Waals surface area contributed by atoms with Gasteiger partial charge in [-0.25, -0.2) is 4.98 Å². The molecule has 0 bridgehead atoms. The molecule has 18 heavy (non-hydrogen) atoms. The van der Waals surface area contributed by atoms with Crippen molar-refractivity contribution in [1.82, 2.24) is 4.98 Å². The second-order valence-corrected chi connectivity index (χ2v) is 5.78. The van der Waals surface area contributed by atoms with E-state index in [0.717, 1.165) is 11.4 Å². The smallest absolute Gasteiger partial charge is 0.131 e. The Balaban J connectivity index is 2.02. The van der Waals surface area contributed by atoms with Crippen LogP contribution in [0.15, 0.2) is 23.6 Å². The third-order valence-electron chi connectivity index (χ3n) is 2.77. The lowest BCUT2D eigenvalue weighted by Gasteiger charge is -2.08. The van der Waals surface area contributed by atoms with E-state index in [4.69, 9.17) is 4.74 Å². The maximum Gasteiger partial charge on any atom is 0.131 e. The summed E-state index contributed by atoms with van der Waals surface area (Å²) < 4.78 is 5.82. The van der Waals surface area contributed by atoms with Crippen LogP contribution in [0.2, 0.25) is 0 Å². The first-order valence-electron chi connectivity index (χ1n) is 6.20. The van der Waals surface area contributed by atoms with Crippen molar-refractivity contribution in [2.45, 2.75) is 40.2 Å². The van der Waals surface area contributed by atoms with Gasteiger partial charge >= 0.3 is 0 Å². The van der Waals surface area contributed by atoms with Crippen molar-refractivity contribution < 1.29 is 4.74 Å². The van der Waals surface area contributed by atoms with Crippen LogP contribution in [0.5, 0.6) is 5.75 Å². The monoisotopic (exact) mass is 261 g/mol. The molecule has 2 aromatic rings. The maximum absolute atomic E-state index is 5.82. The minimum atomic E-state index is 0.491. The molecule has 0 aliphatic carbocycles. The predicted molar refractivity (Wildman–Crippen MR) is 76.5 cm³/mol. The minimum Gasteiger partial charge on any atom is -0.487 e. The molecule has 0 atom stereocenters. The average Bonchev–Trinajstić information content (AvgIpc) is 2.76.